The summed E-state index contributed by atoms with van der Waals surface area (Å²) >= 11 is 0. The normalized spacial score (nSPS) is 21.1. The van der Waals surface area contributed by atoms with Crippen molar-refractivity contribution < 1.29 is 19.0 Å². The lowest BCUT2D eigenvalue weighted by Gasteiger charge is -2.36. The van der Waals surface area contributed by atoms with Crippen molar-refractivity contribution in [1.82, 2.24) is 20.3 Å². The Labute approximate surface area is 239 Å². The van der Waals surface area contributed by atoms with Crippen molar-refractivity contribution in [2.75, 3.05) is 37.8 Å². The van der Waals surface area contributed by atoms with Crippen LogP contribution in [-0.4, -0.2) is 66.0 Å². The Balaban J connectivity index is 1.17. The number of hydrogen-bond donors (Lipinski definition) is 1. The number of anilines is 1. The van der Waals surface area contributed by atoms with E-state index in [9.17, 15) is 4.79 Å². The predicted molar refractivity (Wildman–Crippen MR) is 157 cm³/mol. The maximum absolute atomic E-state index is 13.0. The highest BCUT2D eigenvalue weighted by Crippen LogP contribution is 2.26. The number of benzene rings is 1. The van der Waals surface area contributed by atoms with Crippen molar-refractivity contribution in [3.63, 3.8) is 0 Å². The first-order valence-electron chi connectivity index (χ1n) is 14.1. The molecule has 41 heavy (non-hydrogen) atoms. The van der Waals surface area contributed by atoms with Crippen molar-refractivity contribution in [2.24, 2.45) is 0 Å². The number of nitrogens with zero attached hydrogens (tertiary/aromatic N) is 4. The van der Waals surface area contributed by atoms with Crippen molar-refractivity contribution in [2.45, 2.75) is 45.6 Å². The van der Waals surface area contributed by atoms with Gasteiger partial charge in [-0.1, -0.05) is 12.1 Å². The third-order valence-electron chi connectivity index (χ3n) is 7.50. The van der Waals surface area contributed by atoms with Crippen LogP contribution in [0.15, 0.2) is 60.8 Å². The van der Waals surface area contributed by atoms with Gasteiger partial charge < -0.3 is 24.4 Å². The van der Waals surface area contributed by atoms with Gasteiger partial charge in [0, 0.05) is 30.2 Å². The van der Waals surface area contributed by atoms with Crippen LogP contribution in [0.5, 0.6) is 0 Å². The second-order valence-corrected chi connectivity index (χ2v) is 10.8. The van der Waals surface area contributed by atoms with Gasteiger partial charge in [-0.25, -0.2) is 9.97 Å². The van der Waals surface area contributed by atoms with Gasteiger partial charge in [-0.2, -0.15) is 0 Å². The number of carbonyl (C=O) groups is 1. The van der Waals surface area contributed by atoms with Crippen LogP contribution < -0.4 is 10.2 Å². The predicted octanol–water partition coefficient (Wildman–Crippen LogP) is 4.63. The average molecular weight is 554 g/mol. The average Bonchev–Trinajstić information content (AvgIpc) is 2.99. The van der Waals surface area contributed by atoms with Crippen LogP contribution in [0.25, 0.3) is 22.3 Å². The molecule has 3 atom stereocenters. The van der Waals surface area contributed by atoms with Crippen LogP contribution in [0, 0.1) is 6.92 Å². The molecule has 2 fully saturated rings. The number of hydrogen-bond acceptors (Lipinski definition) is 8. The zero-order valence-electron chi connectivity index (χ0n) is 23.7. The second kappa shape index (κ2) is 11.9. The molecule has 0 aliphatic carbocycles. The monoisotopic (exact) mass is 553 g/mol. The highest BCUT2D eigenvalue weighted by Gasteiger charge is 2.24. The first kappa shape index (κ1) is 27.3. The third-order valence-corrected chi connectivity index (χ3v) is 7.50. The first-order valence-corrected chi connectivity index (χ1v) is 14.1. The van der Waals surface area contributed by atoms with E-state index in [0.29, 0.717) is 25.4 Å². The molecule has 0 unspecified atom stereocenters. The number of morpholine rings is 1. The van der Waals surface area contributed by atoms with E-state index >= 15 is 0 Å². The zero-order valence-corrected chi connectivity index (χ0v) is 23.7. The van der Waals surface area contributed by atoms with Gasteiger partial charge in [0.25, 0.3) is 5.91 Å². The summed E-state index contributed by atoms with van der Waals surface area (Å²) in [5.41, 5.74) is 5.76. The lowest BCUT2D eigenvalue weighted by molar-refractivity contribution is -0.0903. The highest BCUT2D eigenvalue weighted by atomic mass is 16.6. The lowest BCUT2D eigenvalue weighted by Crippen LogP contribution is -2.45. The minimum absolute atomic E-state index is 0.156. The van der Waals surface area contributed by atoms with Gasteiger partial charge in [-0.15, -0.1) is 0 Å². The molecule has 1 N–H and O–H groups in total. The summed E-state index contributed by atoms with van der Waals surface area (Å²) in [6, 6.07) is 17.6. The number of pyridine rings is 3. The molecule has 212 valence electrons. The molecule has 9 nitrogen and oxygen atoms in total. The van der Waals surface area contributed by atoms with E-state index in [2.05, 4.69) is 29.0 Å². The number of fused-ring (bicyclic) bond motifs is 1. The molecule has 2 saturated heterocycles. The molecule has 6 rings (SSSR count). The molecule has 2 aliphatic rings. The lowest BCUT2D eigenvalue weighted by atomic mass is 10.00. The van der Waals surface area contributed by atoms with Crippen LogP contribution in [0.4, 0.5) is 5.82 Å². The summed E-state index contributed by atoms with van der Waals surface area (Å²) in [4.78, 5) is 29.7. The summed E-state index contributed by atoms with van der Waals surface area (Å²) in [7, 11) is 0. The first-order chi connectivity index (χ1) is 19.9. The smallest absolute Gasteiger partial charge is 0.251 e. The molecule has 2 aliphatic heterocycles. The van der Waals surface area contributed by atoms with Gasteiger partial charge in [-0.3, -0.25) is 9.78 Å². The van der Waals surface area contributed by atoms with Crippen LogP contribution in [-0.2, 0) is 20.8 Å². The Morgan fingerprint density at radius 3 is 2.63 bits per heavy atom. The summed E-state index contributed by atoms with van der Waals surface area (Å²) in [6.45, 7) is 9.74. The number of aromatic nitrogens is 3. The Morgan fingerprint density at radius 2 is 1.83 bits per heavy atom. The molecule has 9 heteroatoms. The van der Waals surface area contributed by atoms with Crippen LogP contribution in [0.1, 0.15) is 47.1 Å². The van der Waals surface area contributed by atoms with Gasteiger partial charge in [0.05, 0.1) is 61.2 Å². The van der Waals surface area contributed by atoms with Crippen LogP contribution in [0.2, 0.25) is 0 Å². The molecule has 0 radical (unpaired) electrons. The van der Waals surface area contributed by atoms with E-state index in [0.717, 1.165) is 58.0 Å². The number of ether oxygens (including phenoxy) is 3. The number of nitrogens with one attached hydrogen (secondary N) is 1. The SMILES string of the molecule is Cc1ccc(C(=O)NCc2cc3nc(-c4cccc(N5C[C@@H](C)O[C@@H](C)C5)n4)ccc3cn2)cc1[C@@H]1COCCO1. The summed E-state index contributed by atoms with van der Waals surface area (Å²) in [6.07, 6.45) is 1.94. The fourth-order valence-corrected chi connectivity index (χ4v) is 5.47. The van der Waals surface area contributed by atoms with Crippen LogP contribution in [0.3, 0.4) is 0 Å². The number of carbonyl (C=O) groups excluding carboxylic acids is 1. The number of rotatable bonds is 6. The van der Waals surface area contributed by atoms with E-state index in [4.69, 9.17) is 24.2 Å². The second-order valence-electron chi connectivity index (χ2n) is 10.8. The Kier molecular flexibility index (Phi) is 7.91. The largest absolute Gasteiger partial charge is 0.376 e. The van der Waals surface area contributed by atoms with Gasteiger partial charge in [0.15, 0.2) is 0 Å². The van der Waals surface area contributed by atoms with E-state index in [1.54, 1.807) is 6.20 Å². The fraction of sp³-hybridized carbons (Fsp3) is 0.375. The van der Waals surface area contributed by atoms with Crippen LogP contribution >= 0.6 is 0 Å². The zero-order chi connectivity index (χ0) is 28.3. The number of amides is 1. The molecular weight excluding hydrogens is 518 g/mol. The minimum atomic E-state index is -0.167. The maximum atomic E-state index is 13.0. The van der Waals surface area contributed by atoms with E-state index < -0.39 is 0 Å². The van der Waals surface area contributed by atoms with Gasteiger partial charge in [-0.05, 0) is 74.4 Å². The van der Waals surface area contributed by atoms with Crippen molar-refractivity contribution in [3.05, 3.63) is 83.2 Å². The molecule has 5 heterocycles. The van der Waals surface area contributed by atoms with E-state index in [1.165, 1.54) is 0 Å². The standard InChI is InChI=1S/C32H35N5O4/c1-20-7-8-23(13-26(20)30-19-39-11-12-40-30)32(38)34-16-25-14-29-24(15-33-25)9-10-28(35-29)27-5-4-6-31(36-27)37-17-21(2)41-22(3)18-37/h4-10,13-15,21-22,30H,11-12,16-19H2,1-3H3,(H,34,38)/t21-,22+,30-/m0/s1. The van der Waals surface area contributed by atoms with Crippen molar-refractivity contribution >= 4 is 22.6 Å². The highest BCUT2D eigenvalue weighted by molar-refractivity contribution is 5.94. The quantitative estimate of drug-likeness (QED) is 0.369. The molecule has 0 bridgehead atoms. The molecule has 0 saturated carbocycles. The molecule has 1 aromatic carbocycles. The van der Waals surface area contributed by atoms with E-state index in [-0.39, 0.29) is 30.8 Å². The minimum Gasteiger partial charge on any atom is -0.376 e. The molecule has 0 spiro atoms. The fourth-order valence-electron chi connectivity index (χ4n) is 5.47. The molecule has 1 amide bonds. The van der Waals surface area contributed by atoms with Crippen molar-refractivity contribution in [3.8, 4) is 11.4 Å². The Hall–Kier alpha value is -3.92. The van der Waals surface area contributed by atoms with E-state index in [1.807, 2.05) is 61.5 Å². The summed E-state index contributed by atoms with van der Waals surface area (Å²) in [5.74, 6) is 0.755. The van der Waals surface area contributed by atoms with Gasteiger partial charge in [0.1, 0.15) is 11.9 Å². The molecular formula is C32H35N5O4. The topological polar surface area (TPSA) is 98.7 Å². The van der Waals surface area contributed by atoms with Gasteiger partial charge in [0.2, 0.25) is 0 Å². The molecule has 3 aromatic heterocycles. The molecule has 4 aromatic rings. The van der Waals surface area contributed by atoms with Gasteiger partial charge >= 0.3 is 0 Å². The van der Waals surface area contributed by atoms with Crippen molar-refractivity contribution in [1.29, 1.82) is 0 Å². The summed E-state index contributed by atoms with van der Waals surface area (Å²) < 4.78 is 17.3. The number of aryl methyl sites for hydroxylation is 1. The summed E-state index contributed by atoms with van der Waals surface area (Å²) in [5, 5.41) is 3.92. The Bertz CT molecular complexity index is 1540. The maximum Gasteiger partial charge on any atom is 0.251 e. The Morgan fingerprint density at radius 1 is 1.00 bits per heavy atom. The third kappa shape index (κ3) is 6.22.